The summed E-state index contributed by atoms with van der Waals surface area (Å²) in [6.07, 6.45) is 0. The molecule has 1 aliphatic heterocycles. The fraction of sp³-hybridized carbons (Fsp3) is 0.0204. The minimum absolute atomic E-state index is 0.540. The molecule has 0 bridgehead atoms. The number of ether oxygens (including phenoxy) is 1. The number of fused-ring (bicyclic) bond motifs is 9. The van der Waals surface area contributed by atoms with Gasteiger partial charge in [0.15, 0.2) is 0 Å². The van der Waals surface area contributed by atoms with Crippen molar-refractivity contribution in [1.82, 2.24) is 0 Å². The highest BCUT2D eigenvalue weighted by atomic mass is 16.5. The van der Waals surface area contributed by atoms with Crippen molar-refractivity contribution in [1.29, 1.82) is 0 Å². The lowest BCUT2D eigenvalue weighted by molar-refractivity contribution is 0.436. The van der Waals surface area contributed by atoms with Crippen molar-refractivity contribution >= 4 is 17.1 Å². The van der Waals surface area contributed by atoms with Crippen molar-refractivity contribution in [2.45, 2.75) is 5.41 Å². The summed E-state index contributed by atoms with van der Waals surface area (Å²) >= 11 is 0. The molecule has 0 aromatic heterocycles. The molecule has 0 unspecified atom stereocenters. The van der Waals surface area contributed by atoms with Gasteiger partial charge in [-0.2, -0.15) is 0 Å². The summed E-state index contributed by atoms with van der Waals surface area (Å²) in [7, 11) is 0. The molecular formula is C49H33NO. The number of hydrogen-bond donors (Lipinski definition) is 0. The molecule has 8 aromatic carbocycles. The Balaban J connectivity index is 1.25. The summed E-state index contributed by atoms with van der Waals surface area (Å²) in [5.41, 5.74) is 14.9. The third-order valence-corrected chi connectivity index (χ3v) is 10.5. The van der Waals surface area contributed by atoms with Crippen LogP contribution in [0.3, 0.4) is 0 Å². The Morgan fingerprint density at radius 3 is 1.55 bits per heavy atom. The van der Waals surface area contributed by atoms with Crippen LogP contribution in [0.25, 0.3) is 33.4 Å². The Kier molecular flexibility index (Phi) is 6.75. The van der Waals surface area contributed by atoms with E-state index in [1.54, 1.807) is 0 Å². The van der Waals surface area contributed by atoms with Crippen LogP contribution < -0.4 is 9.64 Å². The second kappa shape index (κ2) is 11.8. The lowest BCUT2D eigenvalue weighted by Crippen LogP contribution is -2.32. The van der Waals surface area contributed by atoms with E-state index in [9.17, 15) is 0 Å². The summed E-state index contributed by atoms with van der Waals surface area (Å²) in [6, 6.07) is 72.0. The second-order valence-corrected chi connectivity index (χ2v) is 13.3. The van der Waals surface area contributed by atoms with E-state index in [2.05, 4.69) is 205 Å². The van der Waals surface area contributed by atoms with E-state index >= 15 is 0 Å². The van der Waals surface area contributed by atoms with Crippen LogP contribution in [0.2, 0.25) is 0 Å². The highest BCUT2D eigenvalue weighted by molar-refractivity contribution is 5.98. The molecule has 0 N–H and O–H groups in total. The van der Waals surface area contributed by atoms with Crippen LogP contribution in [0.15, 0.2) is 200 Å². The van der Waals surface area contributed by atoms with Gasteiger partial charge in [-0.25, -0.2) is 0 Å². The number of anilines is 3. The van der Waals surface area contributed by atoms with E-state index in [1.807, 2.05) is 0 Å². The topological polar surface area (TPSA) is 12.5 Å². The van der Waals surface area contributed by atoms with Gasteiger partial charge in [-0.05, 0) is 81.4 Å². The molecule has 0 radical (unpaired) electrons. The Morgan fingerprint density at radius 2 is 0.863 bits per heavy atom. The van der Waals surface area contributed by atoms with Gasteiger partial charge < -0.3 is 9.64 Å². The molecule has 1 spiro atoms. The molecule has 51 heavy (non-hydrogen) atoms. The molecule has 1 aliphatic carbocycles. The maximum Gasteiger partial charge on any atom is 0.132 e. The largest absolute Gasteiger partial charge is 0.457 e. The van der Waals surface area contributed by atoms with Crippen molar-refractivity contribution < 1.29 is 4.74 Å². The maximum absolute atomic E-state index is 6.60. The number of hydrogen-bond acceptors (Lipinski definition) is 2. The van der Waals surface area contributed by atoms with Crippen LogP contribution in [0.4, 0.5) is 17.1 Å². The maximum atomic E-state index is 6.60. The normalized spacial score (nSPS) is 13.0. The Hall–Kier alpha value is -6.64. The quantitative estimate of drug-likeness (QED) is 0.184. The molecular weight excluding hydrogens is 619 g/mol. The first-order valence-electron chi connectivity index (χ1n) is 17.5. The molecule has 1 heterocycles. The second-order valence-electron chi connectivity index (χ2n) is 13.3. The zero-order chi connectivity index (χ0) is 33.8. The first kappa shape index (κ1) is 29.3. The third-order valence-electron chi connectivity index (χ3n) is 10.5. The van der Waals surface area contributed by atoms with Crippen molar-refractivity contribution in [2.24, 2.45) is 0 Å². The summed E-state index contributed by atoms with van der Waals surface area (Å²) in [6.45, 7) is 0. The van der Waals surface area contributed by atoms with Gasteiger partial charge in [-0.3, -0.25) is 0 Å². The van der Waals surface area contributed by atoms with Gasteiger partial charge >= 0.3 is 0 Å². The zero-order valence-corrected chi connectivity index (χ0v) is 27.9. The minimum atomic E-state index is -0.540. The van der Waals surface area contributed by atoms with Crippen molar-refractivity contribution in [3.05, 3.63) is 222 Å². The van der Waals surface area contributed by atoms with E-state index in [4.69, 9.17) is 4.74 Å². The molecule has 2 heteroatoms. The van der Waals surface area contributed by atoms with Gasteiger partial charge in [0.25, 0.3) is 0 Å². The van der Waals surface area contributed by atoms with Crippen molar-refractivity contribution in [3.8, 4) is 44.9 Å². The Morgan fingerprint density at radius 1 is 0.353 bits per heavy atom. The summed E-state index contributed by atoms with van der Waals surface area (Å²) in [5, 5.41) is 0. The predicted octanol–water partition coefficient (Wildman–Crippen LogP) is 13.0. The average Bonchev–Trinajstić information content (AvgIpc) is 3.50. The molecule has 8 aromatic rings. The van der Waals surface area contributed by atoms with Crippen LogP contribution in [-0.2, 0) is 5.41 Å². The predicted molar refractivity (Wildman–Crippen MR) is 209 cm³/mol. The summed E-state index contributed by atoms with van der Waals surface area (Å²) < 4.78 is 6.60. The van der Waals surface area contributed by atoms with E-state index in [0.29, 0.717) is 0 Å². The fourth-order valence-corrected chi connectivity index (χ4v) is 8.39. The van der Waals surface area contributed by atoms with E-state index < -0.39 is 5.41 Å². The van der Waals surface area contributed by atoms with Gasteiger partial charge in [0.1, 0.15) is 11.5 Å². The number of para-hydroxylation sites is 2. The van der Waals surface area contributed by atoms with Gasteiger partial charge in [0, 0.05) is 28.1 Å². The molecule has 0 saturated heterocycles. The fourth-order valence-electron chi connectivity index (χ4n) is 8.39. The van der Waals surface area contributed by atoms with Crippen LogP contribution in [0, 0.1) is 0 Å². The lowest BCUT2D eigenvalue weighted by Gasteiger charge is -2.39. The van der Waals surface area contributed by atoms with Gasteiger partial charge in [-0.1, -0.05) is 158 Å². The highest BCUT2D eigenvalue weighted by Crippen LogP contribution is 2.64. The monoisotopic (exact) mass is 651 g/mol. The first-order chi connectivity index (χ1) is 25.3. The van der Waals surface area contributed by atoms with Gasteiger partial charge in [0.05, 0.1) is 11.1 Å². The molecule has 0 amide bonds. The SMILES string of the molecule is c1ccc(-c2ccc(N(c3cccc(-c4ccccc4)c3)c3cccc4c3-c3ccccc3C43c4ccccc4Oc4ccccc43)cc2)cc1. The number of benzene rings is 8. The molecule has 0 fully saturated rings. The third kappa shape index (κ3) is 4.50. The van der Waals surface area contributed by atoms with Crippen molar-refractivity contribution in [3.63, 3.8) is 0 Å². The van der Waals surface area contributed by atoms with E-state index in [-0.39, 0.29) is 0 Å². The standard InChI is InChI=1S/C49H33NO/c1-3-15-34(16-4-1)36-29-31-38(32-30-36)50(39-20-13-19-37(33-39)35-17-5-2-6-18-35)45-26-14-25-44-48(45)40-21-7-8-22-41(40)49(44)42-23-9-11-27-46(42)51-47-28-12-10-24-43(47)49/h1-33H. The minimum Gasteiger partial charge on any atom is -0.457 e. The lowest BCUT2D eigenvalue weighted by atomic mass is 9.66. The molecule has 0 saturated carbocycles. The first-order valence-corrected chi connectivity index (χ1v) is 17.5. The highest BCUT2D eigenvalue weighted by Gasteiger charge is 2.51. The number of nitrogens with zero attached hydrogens (tertiary/aromatic N) is 1. The Labute approximate surface area is 298 Å². The smallest absolute Gasteiger partial charge is 0.132 e. The average molecular weight is 652 g/mol. The molecule has 0 atom stereocenters. The summed E-state index contributed by atoms with van der Waals surface area (Å²) in [5.74, 6) is 1.79. The van der Waals surface area contributed by atoms with Gasteiger partial charge in [-0.15, -0.1) is 0 Å². The van der Waals surface area contributed by atoms with E-state index in [0.717, 1.165) is 39.7 Å². The molecule has 2 nitrogen and oxygen atoms in total. The zero-order valence-electron chi connectivity index (χ0n) is 27.9. The van der Waals surface area contributed by atoms with Crippen LogP contribution >= 0.6 is 0 Å². The van der Waals surface area contributed by atoms with E-state index in [1.165, 1.54) is 44.5 Å². The molecule has 10 rings (SSSR count). The Bertz CT molecular complexity index is 2510. The van der Waals surface area contributed by atoms with Crippen molar-refractivity contribution in [2.75, 3.05) is 4.90 Å². The van der Waals surface area contributed by atoms with Gasteiger partial charge in [0.2, 0.25) is 0 Å². The van der Waals surface area contributed by atoms with Crippen LogP contribution in [-0.4, -0.2) is 0 Å². The molecule has 240 valence electrons. The molecule has 2 aliphatic rings. The number of rotatable bonds is 5. The summed E-state index contributed by atoms with van der Waals surface area (Å²) in [4.78, 5) is 2.44. The van der Waals surface area contributed by atoms with Crippen LogP contribution in [0.5, 0.6) is 11.5 Å². The van der Waals surface area contributed by atoms with Crippen LogP contribution in [0.1, 0.15) is 22.3 Å².